The van der Waals surface area contributed by atoms with Gasteiger partial charge in [-0.3, -0.25) is 4.79 Å². The van der Waals surface area contributed by atoms with Crippen LogP contribution in [0.2, 0.25) is 0 Å². The summed E-state index contributed by atoms with van der Waals surface area (Å²) in [4.78, 5) is 18.0. The van der Waals surface area contributed by atoms with Crippen LogP contribution in [-0.4, -0.2) is 49.1 Å². The van der Waals surface area contributed by atoms with Crippen LogP contribution in [-0.2, 0) is 11.2 Å². The second kappa shape index (κ2) is 6.03. The third-order valence-corrected chi connectivity index (χ3v) is 2.83. The van der Waals surface area contributed by atoms with Crippen molar-refractivity contribution in [1.29, 1.82) is 0 Å². The molecular weight excluding hydrogens is 244 g/mol. The molecule has 0 saturated heterocycles. The fourth-order valence-corrected chi connectivity index (χ4v) is 1.80. The van der Waals surface area contributed by atoms with Crippen molar-refractivity contribution in [3.8, 4) is 5.82 Å². The van der Waals surface area contributed by atoms with E-state index in [4.69, 9.17) is 0 Å². The largest absolute Gasteiger partial charge is 0.343 e. The fourth-order valence-electron chi connectivity index (χ4n) is 1.80. The first-order valence-electron chi connectivity index (χ1n) is 6.22. The van der Waals surface area contributed by atoms with Crippen LogP contribution >= 0.6 is 0 Å². The van der Waals surface area contributed by atoms with Crippen molar-refractivity contribution >= 4 is 5.91 Å². The number of nitrogens with zero attached hydrogens (tertiary/aromatic N) is 6. The molecule has 0 aliphatic rings. The lowest BCUT2D eigenvalue weighted by Gasteiger charge is -2.17. The van der Waals surface area contributed by atoms with Crippen LogP contribution in [0.15, 0.2) is 24.4 Å². The van der Waals surface area contributed by atoms with Gasteiger partial charge in [0.1, 0.15) is 0 Å². The minimum atomic E-state index is 0.0111. The molecule has 7 nitrogen and oxygen atoms in total. The Labute approximate surface area is 111 Å². The molecule has 0 bridgehead atoms. The zero-order valence-corrected chi connectivity index (χ0v) is 11.0. The van der Waals surface area contributed by atoms with Crippen molar-refractivity contribution in [2.24, 2.45) is 0 Å². The summed E-state index contributed by atoms with van der Waals surface area (Å²) in [6.07, 6.45) is 1.83. The SMILES string of the molecule is CCN(CC)C(=O)Cc1nnnn1-c1ccccn1. The normalized spacial score (nSPS) is 10.4. The van der Waals surface area contributed by atoms with Crippen molar-refractivity contribution in [2.45, 2.75) is 20.3 Å². The van der Waals surface area contributed by atoms with E-state index < -0.39 is 0 Å². The van der Waals surface area contributed by atoms with Gasteiger partial charge in [0, 0.05) is 19.3 Å². The number of hydrogen-bond donors (Lipinski definition) is 0. The van der Waals surface area contributed by atoms with E-state index in [1.807, 2.05) is 26.0 Å². The quantitative estimate of drug-likeness (QED) is 0.781. The first-order chi connectivity index (χ1) is 9.26. The van der Waals surface area contributed by atoms with Crippen molar-refractivity contribution in [1.82, 2.24) is 30.1 Å². The van der Waals surface area contributed by atoms with E-state index in [2.05, 4.69) is 20.5 Å². The number of hydrogen-bond acceptors (Lipinski definition) is 5. The molecule has 7 heteroatoms. The lowest BCUT2D eigenvalue weighted by atomic mass is 10.3. The van der Waals surface area contributed by atoms with E-state index in [1.165, 1.54) is 4.68 Å². The molecule has 2 heterocycles. The summed E-state index contributed by atoms with van der Waals surface area (Å²) in [6, 6.07) is 5.45. The number of likely N-dealkylation sites (N-methyl/N-ethyl adjacent to an activating group) is 1. The van der Waals surface area contributed by atoms with Crippen molar-refractivity contribution < 1.29 is 4.79 Å². The molecule has 0 fully saturated rings. The standard InChI is InChI=1S/C12H16N6O/c1-3-17(4-2)12(19)9-11-14-15-16-18(11)10-7-5-6-8-13-10/h5-8H,3-4,9H2,1-2H3. The third kappa shape index (κ3) is 2.93. The summed E-state index contributed by atoms with van der Waals surface area (Å²) in [7, 11) is 0. The van der Waals surface area contributed by atoms with E-state index in [1.54, 1.807) is 17.2 Å². The molecule has 0 saturated carbocycles. The summed E-state index contributed by atoms with van der Waals surface area (Å²) in [5.74, 6) is 1.11. The van der Waals surface area contributed by atoms with Crippen LogP contribution in [0.25, 0.3) is 5.82 Å². The Morgan fingerprint density at radius 1 is 1.32 bits per heavy atom. The molecule has 0 aliphatic carbocycles. The highest BCUT2D eigenvalue weighted by Gasteiger charge is 2.16. The molecular formula is C12H16N6O. The fraction of sp³-hybridized carbons (Fsp3) is 0.417. The average Bonchev–Trinajstić information content (AvgIpc) is 2.89. The number of pyridine rings is 1. The molecule has 0 N–H and O–H groups in total. The Hall–Kier alpha value is -2.31. The van der Waals surface area contributed by atoms with Crippen LogP contribution in [0.1, 0.15) is 19.7 Å². The van der Waals surface area contributed by atoms with Crippen LogP contribution in [0.4, 0.5) is 0 Å². The van der Waals surface area contributed by atoms with E-state index in [0.29, 0.717) is 24.7 Å². The maximum atomic E-state index is 12.1. The molecule has 100 valence electrons. The highest BCUT2D eigenvalue weighted by atomic mass is 16.2. The Kier molecular flexibility index (Phi) is 4.17. The van der Waals surface area contributed by atoms with Gasteiger partial charge in [-0.05, 0) is 36.4 Å². The Balaban J connectivity index is 2.19. The smallest absolute Gasteiger partial charge is 0.230 e. The van der Waals surface area contributed by atoms with E-state index in [0.717, 1.165) is 0 Å². The van der Waals surface area contributed by atoms with Gasteiger partial charge in [0.25, 0.3) is 0 Å². The van der Waals surface area contributed by atoms with Crippen molar-refractivity contribution in [3.05, 3.63) is 30.2 Å². The molecule has 2 aromatic heterocycles. The number of carbonyl (C=O) groups excluding carboxylic acids is 1. The van der Waals surface area contributed by atoms with Crippen LogP contribution in [0.3, 0.4) is 0 Å². The van der Waals surface area contributed by atoms with Gasteiger partial charge in [-0.2, -0.15) is 4.68 Å². The lowest BCUT2D eigenvalue weighted by Crippen LogP contribution is -2.32. The number of tetrazole rings is 1. The lowest BCUT2D eigenvalue weighted by molar-refractivity contribution is -0.130. The van der Waals surface area contributed by atoms with Gasteiger partial charge in [0.15, 0.2) is 11.6 Å². The van der Waals surface area contributed by atoms with Gasteiger partial charge in [0.05, 0.1) is 6.42 Å². The van der Waals surface area contributed by atoms with Gasteiger partial charge in [-0.1, -0.05) is 6.07 Å². The number of aromatic nitrogens is 5. The van der Waals surface area contributed by atoms with Crippen LogP contribution in [0.5, 0.6) is 0 Å². The molecule has 0 aliphatic heterocycles. The summed E-state index contributed by atoms with van der Waals surface area (Å²) >= 11 is 0. The number of amides is 1. The van der Waals surface area contributed by atoms with Gasteiger partial charge in [-0.25, -0.2) is 4.98 Å². The third-order valence-electron chi connectivity index (χ3n) is 2.83. The zero-order chi connectivity index (χ0) is 13.7. The van der Waals surface area contributed by atoms with E-state index in [-0.39, 0.29) is 12.3 Å². The maximum absolute atomic E-state index is 12.1. The van der Waals surface area contributed by atoms with E-state index in [9.17, 15) is 4.79 Å². The summed E-state index contributed by atoms with van der Waals surface area (Å²) in [5.41, 5.74) is 0. The van der Waals surface area contributed by atoms with Crippen LogP contribution in [0, 0.1) is 0 Å². The first-order valence-corrected chi connectivity index (χ1v) is 6.22. The number of rotatable bonds is 5. The minimum absolute atomic E-state index is 0.0111. The Morgan fingerprint density at radius 2 is 2.11 bits per heavy atom. The molecule has 2 aromatic rings. The minimum Gasteiger partial charge on any atom is -0.343 e. The summed E-state index contributed by atoms with van der Waals surface area (Å²) in [6.45, 7) is 5.26. The van der Waals surface area contributed by atoms with Crippen molar-refractivity contribution in [2.75, 3.05) is 13.1 Å². The molecule has 0 unspecified atom stereocenters. The van der Waals surface area contributed by atoms with Gasteiger partial charge < -0.3 is 4.90 Å². The van der Waals surface area contributed by atoms with E-state index >= 15 is 0 Å². The van der Waals surface area contributed by atoms with Crippen LogP contribution < -0.4 is 0 Å². The molecule has 0 radical (unpaired) electrons. The van der Waals surface area contributed by atoms with Gasteiger partial charge in [-0.15, -0.1) is 5.10 Å². The molecule has 1 amide bonds. The Morgan fingerprint density at radius 3 is 2.74 bits per heavy atom. The predicted molar refractivity (Wildman–Crippen MR) is 68.6 cm³/mol. The first kappa shape index (κ1) is 13.1. The second-order valence-corrected chi connectivity index (χ2v) is 3.94. The summed E-state index contributed by atoms with van der Waals surface area (Å²) < 4.78 is 1.49. The monoisotopic (exact) mass is 260 g/mol. The Bertz CT molecular complexity index is 534. The highest BCUT2D eigenvalue weighted by Crippen LogP contribution is 2.05. The molecule has 0 aromatic carbocycles. The maximum Gasteiger partial charge on any atom is 0.230 e. The zero-order valence-electron chi connectivity index (χ0n) is 11.0. The molecule has 0 spiro atoms. The number of carbonyl (C=O) groups is 1. The summed E-state index contributed by atoms with van der Waals surface area (Å²) in [5, 5.41) is 11.4. The molecule has 0 atom stereocenters. The molecule has 19 heavy (non-hydrogen) atoms. The second-order valence-electron chi connectivity index (χ2n) is 3.94. The predicted octanol–water partition coefficient (Wildman–Crippen LogP) is 0.468. The topological polar surface area (TPSA) is 76.8 Å². The average molecular weight is 260 g/mol. The van der Waals surface area contributed by atoms with Gasteiger partial charge in [0.2, 0.25) is 5.91 Å². The highest BCUT2D eigenvalue weighted by molar-refractivity contribution is 5.78. The van der Waals surface area contributed by atoms with Gasteiger partial charge >= 0.3 is 0 Å². The van der Waals surface area contributed by atoms with Crippen molar-refractivity contribution in [3.63, 3.8) is 0 Å². The molecule has 2 rings (SSSR count).